The summed E-state index contributed by atoms with van der Waals surface area (Å²) in [5.74, 6) is 0.252. The van der Waals surface area contributed by atoms with Gasteiger partial charge in [0.15, 0.2) is 10.8 Å². The van der Waals surface area contributed by atoms with Gasteiger partial charge in [-0.25, -0.2) is 4.98 Å². The summed E-state index contributed by atoms with van der Waals surface area (Å²) in [6.45, 7) is 8.80. The molecule has 0 radical (unpaired) electrons. The molecule has 1 aromatic carbocycles. The molecule has 0 aliphatic carbocycles. The van der Waals surface area contributed by atoms with Crippen molar-refractivity contribution in [2.75, 3.05) is 36.0 Å². The van der Waals surface area contributed by atoms with Crippen molar-refractivity contribution >= 4 is 34.6 Å². The summed E-state index contributed by atoms with van der Waals surface area (Å²) in [6, 6.07) is 8.90. The summed E-state index contributed by atoms with van der Waals surface area (Å²) in [4.78, 5) is 22.3. The molecular weight excluding hydrogens is 541 g/mol. The van der Waals surface area contributed by atoms with Crippen LogP contribution in [-0.4, -0.2) is 64.8 Å². The lowest BCUT2D eigenvalue weighted by Gasteiger charge is -2.32. The highest BCUT2D eigenvalue weighted by molar-refractivity contribution is 7.81. The molecule has 2 unspecified atom stereocenters. The lowest BCUT2D eigenvalue weighted by molar-refractivity contribution is -0.138. The van der Waals surface area contributed by atoms with E-state index in [-0.39, 0.29) is 10.8 Å². The molecule has 4 heterocycles. The van der Waals surface area contributed by atoms with Gasteiger partial charge in [-0.3, -0.25) is 14.6 Å². The molecule has 12 heteroatoms. The van der Waals surface area contributed by atoms with E-state index in [2.05, 4.69) is 15.2 Å². The number of aryl methyl sites for hydroxylation is 1. The van der Waals surface area contributed by atoms with Crippen LogP contribution in [0.2, 0.25) is 0 Å². The molecule has 3 saturated heterocycles. The summed E-state index contributed by atoms with van der Waals surface area (Å²) in [7, 11) is 0. The number of piperazine rings is 1. The Bertz CT molecular complexity index is 1360. The summed E-state index contributed by atoms with van der Waals surface area (Å²) in [5, 5.41) is 12.7. The van der Waals surface area contributed by atoms with E-state index in [1.807, 2.05) is 25.1 Å². The highest BCUT2D eigenvalue weighted by atomic mass is 32.1. The number of rotatable bonds is 7. The fourth-order valence-corrected chi connectivity index (χ4v) is 6.34. The average Bonchev–Trinajstić information content (AvgIpc) is 3.34. The van der Waals surface area contributed by atoms with Gasteiger partial charge in [-0.2, -0.15) is 18.4 Å². The number of carbonyl (C=O) groups is 1. The maximum absolute atomic E-state index is 13.6. The minimum Gasteiger partial charge on any atom is -0.492 e. The lowest BCUT2D eigenvalue weighted by Crippen LogP contribution is -2.51. The molecule has 2 atom stereocenters. The first-order chi connectivity index (χ1) is 18.9. The maximum atomic E-state index is 13.6. The number of fused-ring (bicyclic) bond motifs is 2. The standard InChI is InChI=1S/C28H31F3N6O2S/c1-4-17-11-20(7-8-24(17)39-10-9-35-15-18-5-6-19(16-35)34-18)37-26(40)36(25(38)27(37,2)3)21-12-22(28(29,30)31)23(13-32)33-14-21/h7-8,11-12,14,18-19,34H,4-6,9-10,15-16H2,1-3H3. The minimum absolute atomic E-state index is 0.0266. The van der Waals surface area contributed by atoms with Crippen LogP contribution in [0.25, 0.3) is 0 Å². The van der Waals surface area contributed by atoms with Crippen LogP contribution in [0.3, 0.4) is 0 Å². The van der Waals surface area contributed by atoms with E-state index in [4.69, 9.17) is 22.2 Å². The molecule has 2 bridgehead atoms. The predicted octanol–water partition coefficient (Wildman–Crippen LogP) is 4.27. The van der Waals surface area contributed by atoms with Crippen molar-refractivity contribution in [3.05, 3.63) is 47.3 Å². The molecule has 1 N–H and O–H groups in total. The van der Waals surface area contributed by atoms with Crippen LogP contribution in [0.15, 0.2) is 30.5 Å². The molecule has 3 aliphatic heterocycles. The number of nitriles is 1. The monoisotopic (exact) mass is 572 g/mol. The van der Waals surface area contributed by atoms with Crippen LogP contribution < -0.4 is 19.9 Å². The summed E-state index contributed by atoms with van der Waals surface area (Å²) in [6.07, 6.45) is -0.624. The number of halogens is 3. The Labute approximate surface area is 236 Å². The van der Waals surface area contributed by atoms with Crippen LogP contribution in [-0.2, 0) is 17.4 Å². The van der Waals surface area contributed by atoms with E-state index in [0.29, 0.717) is 30.8 Å². The van der Waals surface area contributed by atoms with Gasteiger partial charge >= 0.3 is 6.18 Å². The smallest absolute Gasteiger partial charge is 0.419 e. The number of nitrogens with one attached hydrogen (secondary N) is 1. The van der Waals surface area contributed by atoms with Gasteiger partial charge in [0, 0.05) is 37.4 Å². The second-order valence-corrected chi connectivity index (χ2v) is 11.3. The Balaban J connectivity index is 1.36. The zero-order valence-corrected chi connectivity index (χ0v) is 23.4. The predicted molar refractivity (Wildman–Crippen MR) is 148 cm³/mol. The number of pyridine rings is 1. The molecular formula is C28H31F3N6O2S. The van der Waals surface area contributed by atoms with Gasteiger partial charge in [0.1, 0.15) is 24.0 Å². The van der Waals surface area contributed by atoms with Crippen LogP contribution in [0.4, 0.5) is 24.5 Å². The van der Waals surface area contributed by atoms with E-state index in [9.17, 15) is 18.0 Å². The molecule has 3 aliphatic rings. The number of likely N-dealkylation sites (tertiary alicyclic amines) is 1. The highest BCUT2D eigenvalue weighted by Crippen LogP contribution is 2.40. The number of amides is 1. The third-order valence-electron chi connectivity index (χ3n) is 7.85. The van der Waals surface area contributed by atoms with Crippen molar-refractivity contribution in [1.82, 2.24) is 15.2 Å². The first-order valence-electron chi connectivity index (χ1n) is 13.3. The number of thiocarbonyl (C=S) groups is 1. The van der Waals surface area contributed by atoms with Gasteiger partial charge in [-0.15, -0.1) is 0 Å². The second kappa shape index (κ2) is 10.6. The Morgan fingerprint density at radius 3 is 2.52 bits per heavy atom. The number of anilines is 2. The number of hydrogen-bond acceptors (Lipinski definition) is 7. The van der Waals surface area contributed by atoms with Crippen molar-refractivity contribution in [2.24, 2.45) is 0 Å². The van der Waals surface area contributed by atoms with Crippen LogP contribution in [0.5, 0.6) is 5.75 Å². The molecule has 1 aromatic heterocycles. The Morgan fingerprint density at radius 1 is 1.20 bits per heavy atom. The van der Waals surface area contributed by atoms with Gasteiger partial charge in [0.25, 0.3) is 5.91 Å². The topological polar surface area (TPSA) is 84.7 Å². The fourth-order valence-electron chi connectivity index (χ4n) is 5.81. The molecule has 8 nitrogen and oxygen atoms in total. The zero-order chi connectivity index (χ0) is 28.8. The van der Waals surface area contributed by atoms with Gasteiger partial charge in [-0.05, 0) is 75.2 Å². The van der Waals surface area contributed by atoms with E-state index in [1.54, 1.807) is 18.7 Å². The van der Waals surface area contributed by atoms with Gasteiger partial charge < -0.3 is 15.0 Å². The Morgan fingerprint density at radius 2 is 1.90 bits per heavy atom. The van der Waals surface area contributed by atoms with Crippen molar-refractivity contribution in [1.29, 1.82) is 5.26 Å². The van der Waals surface area contributed by atoms with Gasteiger partial charge in [0.05, 0.1) is 17.4 Å². The number of hydrogen-bond donors (Lipinski definition) is 1. The maximum Gasteiger partial charge on any atom is 0.419 e. The molecule has 2 aromatic rings. The summed E-state index contributed by atoms with van der Waals surface area (Å²) >= 11 is 5.64. The molecule has 40 heavy (non-hydrogen) atoms. The highest BCUT2D eigenvalue weighted by Gasteiger charge is 2.51. The number of carbonyl (C=O) groups excluding carboxylic acids is 1. The van der Waals surface area contributed by atoms with Gasteiger partial charge in [0.2, 0.25) is 0 Å². The van der Waals surface area contributed by atoms with E-state index in [1.165, 1.54) is 18.9 Å². The molecule has 1 amide bonds. The van der Waals surface area contributed by atoms with Crippen LogP contribution in [0.1, 0.15) is 50.4 Å². The third-order valence-corrected chi connectivity index (χ3v) is 8.22. The van der Waals surface area contributed by atoms with Crippen LogP contribution in [0, 0.1) is 11.3 Å². The van der Waals surface area contributed by atoms with Crippen molar-refractivity contribution < 1.29 is 22.7 Å². The molecule has 5 rings (SSSR count). The average molecular weight is 573 g/mol. The largest absolute Gasteiger partial charge is 0.492 e. The molecule has 212 valence electrons. The lowest BCUT2D eigenvalue weighted by atomic mass is 10.0. The molecule has 0 spiro atoms. The molecule has 0 saturated carbocycles. The fraction of sp³-hybridized carbons (Fsp3) is 0.500. The van der Waals surface area contributed by atoms with E-state index >= 15 is 0 Å². The van der Waals surface area contributed by atoms with Crippen molar-refractivity contribution in [3.63, 3.8) is 0 Å². The number of alkyl halides is 3. The Kier molecular flexibility index (Phi) is 7.50. The third kappa shape index (κ3) is 5.13. The first-order valence-corrected chi connectivity index (χ1v) is 13.7. The summed E-state index contributed by atoms with van der Waals surface area (Å²) < 4.78 is 46.9. The normalized spacial score (nSPS) is 22.6. The SMILES string of the molecule is CCc1cc(N2C(=S)N(c3cnc(C#N)c(C(F)(F)F)c3)C(=O)C2(C)C)ccc1OCCN1CC2CCC(C1)N2. The van der Waals surface area contributed by atoms with E-state index in [0.717, 1.165) is 48.1 Å². The molecule has 3 fully saturated rings. The van der Waals surface area contributed by atoms with Crippen molar-refractivity contribution in [3.8, 4) is 11.8 Å². The summed E-state index contributed by atoms with van der Waals surface area (Å²) in [5.41, 5.74) is -1.75. The number of nitrogens with zero attached hydrogens (tertiary/aromatic N) is 5. The quantitative estimate of drug-likeness (QED) is 0.493. The zero-order valence-electron chi connectivity index (χ0n) is 22.6. The Hall–Kier alpha value is -3.27. The number of ether oxygens (including phenoxy) is 1. The number of benzene rings is 1. The first kappa shape index (κ1) is 28.3. The second-order valence-electron chi connectivity index (χ2n) is 10.9. The van der Waals surface area contributed by atoms with E-state index < -0.39 is 28.9 Å². The van der Waals surface area contributed by atoms with Crippen molar-refractivity contribution in [2.45, 2.75) is 63.8 Å². The van der Waals surface area contributed by atoms with Crippen LogP contribution >= 0.6 is 12.2 Å². The number of aromatic nitrogens is 1. The van der Waals surface area contributed by atoms with Gasteiger partial charge in [-0.1, -0.05) is 6.92 Å². The minimum atomic E-state index is -4.82.